The van der Waals surface area contributed by atoms with Gasteiger partial charge in [0.05, 0.1) is 12.3 Å². The molecule has 2 amide bonds. The van der Waals surface area contributed by atoms with E-state index in [-0.39, 0.29) is 17.6 Å². The zero-order valence-corrected chi connectivity index (χ0v) is 15.1. The summed E-state index contributed by atoms with van der Waals surface area (Å²) >= 11 is 0. The van der Waals surface area contributed by atoms with Crippen molar-refractivity contribution in [3.8, 4) is 5.69 Å². The molecule has 0 fully saturated rings. The molecule has 0 saturated carbocycles. The van der Waals surface area contributed by atoms with Gasteiger partial charge in [0, 0.05) is 25.3 Å². The number of methoxy groups -OCH3 is 1. The molecular formula is C18H22N6O3. The second-order valence-electron chi connectivity index (χ2n) is 6.17. The summed E-state index contributed by atoms with van der Waals surface area (Å²) in [6, 6.07) is 7.05. The standard InChI is InChI=1S/C18H22N6O3/c1-27-12-11-19-18(26)16-21-23-24(22-16)15-9-7-14(8-10-15)20-17(25)13-5-3-2-4-6-13/h2-3,7-10,13H,4-6,11-12H2,1H3,(H,19,26)(H,20,25)/t13-/m1/s1. The first-order valence-corrected chi connectivity index (χ1v) is 8.81. The Morgan fingerprint density at radius 3 is 2.78 bits per heavy atom. The molecule has 0 radical (unpaired) electrons. The Balaban J connectivity index is 1.59. The Morgan fingerprint density at radius 1 is 1.26 bits per heavy atom. The Morgan fingerprint density at radius 2 is 2.07 bits per heavy atom. The minimum Gasteiger partial charge on any atom is -0.383 e. The lowest BCUT2D eigenvalue weighted by molar-refractivity contribution is -0.120. The first kappa shape index (κ1) is 18.7. The first-order valence-electron chi connectivity index (χ1n) is 8.81. The van der Waals surface area contributed by atoms with Crippen molar-refractivity contribution in [1.82, 2.24) is 25.5 Å². The van der Waals surface area contributed by atoms with E-state index >= 15 is 0 Å². The van der Waals surface area contributed by atoms with E-state index in [0.717, 1.165) is 19.3 Å². The molecule has 27 heavy (non-hydrogen) atoms. The van der Waals surface area contributed by atoms with Crippen LogP contribution in [0.15, 0.2) is 36.4 Å². The number of nitrogens with one attached hydrogen (secondary N) is 2. The maximum Gasteiger partial charge on any atom is 0.292 e. The summed E-state index contributed by atoms with van der Waals surface area (Å²) in [6.07, 6.45) is 6.75. The predicted octanol–water partition coefficient (Wildman–Crippen LogP) is 1.33. The zero-order chi connectivity index (χ0) is 19.1. The van der Waals surface area contributed by atoms with Crippen LogP contribution in [0.25, 0.3) is 5.69 Å². The molecule has 9 heteroatoms. The van der Waals surface area contributed by atoms with Gasteiger partial charge in [-0.15, -0.1) is 15.0 Å². The zero-order valence-electron chi connectivity index (χ0n) is 15.1. The van der Waals surface area contributed by atoms with Crippen molar-refractivity contribution in [1.29, 1.82) is 0 Å². The minimum atomic E-state index is -0.413. The third-order valence-electron chi connectivity index (χ3n) is 4.21. The highest BCUT2D eigenvalue weighted by Crippen LogP contribution is 2.20. The highest BCUT2D eigenvalue weighted by Gasteiger charge is 2.18. The molecule has 0 unspecified atom stereocenters. The predicted molar refractivity (Wildman–Crippen MR) is 98.5 cm³/mol. The van der Waals surface area contributed by atoms with Gasteiger partial charge in [0.15, 0.2) is 0 Å². The first-order chi connectivity index (χ1) is 13.2. The molecule has 0 saturated heterocycles. The van der Waals surface area contributed by atoms with Gasteiger partial charge in [0.25, 0.3) is 11.7 Å². The fourth-order valence-electron chi connectivity index (χ4n) is 2.71. The summed E-state index contributed by atoms with van der Waals surface area (Å²) in [7, 11) is 1.55. The van der Waals surface area contributed by atoms with E-state index in [4.69, 9.17) is 4.74 Å². The normalized spacial score (nSPS) is 16.1. The fourth-order valence-corrected chi connectivity index (χ4v) is 2.71. The monoisotopic (exact) mass is 370 g/mol. The van der Waals surface area contributed by atoms with Crippen molar-refractivity contribution in [3.63, 3.8) is 0 Å². The van der Waals surface area contributed by atoms with E-state index < -0.39 is 5.91 Å². The number of tetrazole rings is 1. The van der Waals surface area contributed by atoms with Crippen LogP contribution in [0.2, 0.25) is 0 Å². The molecule has 0 bridgehead atoms. The average Bonchev–Trinajstić information content (AvgIpc) is 3.20. The maximum absolute atomic E-state index is 12.3. The quantitative estimate of drug-likeness (QED) is 0.562. The SMILES string of the molecule is COCCNC(=O)c1nnn(-c2ccc(NC(=O)[C@@H]3CC=CCC3)cc2)n1. The second kappa shape index (κ2) is 9.04. The van der Waals surface area contributed by atoms with E-state index in [1.165, 1.54) is 4.80 Å². The molecule has 3 rings (SSSR count). The number of carbonyl (C=O) groups excluding carboxylic acids is 2. The number of benzene rings is 1. The number of rotatable bonds is 7. The molecule has 2 N–H and O–H groups in total. The minimum absolute atomic E-state index is 0.0193. The summed E-state index contributed by atoms with van der Waals surface area (Å²) in [5, 5.41) is 17.3. The number of amides is 2. The molecule has 9 nitrogen and oxygen atoms in total. The van der Waals surface area contributed by atoms with Crippen molar-refractivity contribution in [2.75, 3.05) is 25.6 Å². The van der Waals surface area contributed by atoms with Crippen molar-refractivity contribution in [2.24, 2.45) is 5.92 Å². The van der Waals surface area contributed by atoms with Gasteiger partial charge in [-0.3, -0.25) is 9.59 Å². The lowest BCUT2D eigenvalue weighted by Gasteiger charge is -2.17. The van der Waals surface area contributed by atoms with Gasteiger partial charge in [0.1, 0.15) is 0 Å². The van der Waals surface area contributed by atoms with Crippen molar-refractivity contribution in [3.05, 3.63) is 42.2 Å². The maximum atomic E-state index is 12.3. The third-order valence-corrected chi connectivity index (χ3v) is 4.21. The van der Waals surface area contributed by atoms with Gasteiger partial charge >= 0.3 is 0 Å². The van der Waals surface area contributed by atoms with Crippen molar-refractivity contribution < 1.29 is 14.3 Å². The van der Waals surface area contributed by atoms with Crippen molar-refractivity contribution >= 4 is 17.5 Å². The summed E-state index contributed by atoms with van der Waals surface area (Å²) in [6.45, 7) is 0.777. The number of ether oxygens (including phenoxy) is 1. The van der Waals surface area contributed by atoms with Gasteiger partial charge < -0.3 is 15.4 Å². The number of carbonyl (C=O) groups is 2. The second-order valence-corrected chi connectivity index (χ2v) is 6.17. The molecular weight excluding hydrogens is 348 g/mol. The van der Waals surface area contributed by atoms with E-state index in [1.807, 2.05) is 0 Å². The Kier molecular flexibility index (Phi) is 6.26. The largest absolute Gasteiger partial charge is 0.383 e. The van der Waals surface area contributed by atoms with Crippen molar-refractivity contribution in [2.45, 2.75) is 19.3 Å². The molecule has 1 aliphatic rings. The summed E-state index contributed by atoms with van der Waals surface area (Å²) in [5.41, 5.74) is 1.34. The Labute approximate surface area is 156 Å². The van der Waals surface area contributed by atoms with Crippen LogP contribution in [0.1, 0.15) is 29.9 Å². The lowest BCUT2D eigenvalue weighted by atomic mass is 9.93. The molecule has 0 spiro atoms. The van der Waals surface area contributed by atoms with E-state index in [2.05, 4.69) is 38.2 Å². The molecule has 0 aliphatic heterocycles. The van der Waals surface area contributed by atoms with Crippen LogP contribution in [0, 0.1) is 5.92 Å². The van der Waals surface area contributed by atoms with Gasteiger partial charge in [-0.25, -0.2) is 0 Å². The van der Waals surface area contributed by atoms with Crippen LogP contribution in [0.5, 0.6) is 0 Å². The average molecular weight is 370 g/mol. The van der Waals surface area contributed by atoms with E-state index in [9.17, 15) is 9.59 Å². The fraction of sp³-hybridized carbons (Fsp3) is 0.389. The van der Waals surface area contributed by atoms with Crippen LogP contribution < -0.4 is 10.6 Å². The third kappa shape index (κ3) is 4.98. The van der Waals surface area contributed by atoms with Crippen LogP contribution in [0.3, 0.4) is 0 Å². The number of hydrogen-bond donors (Lipinski definition) is 2. The molecule has 142 valence electrons. The Bertz CT molecular complexity index is 815. The molecule has 1 heterocycles. The van der Waals surface area contributed by atoms with Gasteiger partial charge in [-0.1, -0.05) is 12.2 Å². The lowest BCUT2D eigenvalue weighted by Crippen LogP contribution is -2.28. The van der Waals surface area contributed by atoms with Gasteiger partial charge in [-0.2, -0.15) is 0 Å². The number of aromatic nitrogens is 4. The van der Waals surface area contributed by atoms with Crippen LogP contribution >= 0.6 is 0 Å². The number of hydrogen-bond acceptors (Lipinski definition) is 6. The molecule has 1 aromatic carbocycles. The van der Waals surface area contributed by atoms with Crippen LogP contribution in [0.4, 0.5) is 5.69 Å². The summed E-state index contributed by atoms with van der Waals surface area (Å²) in [5.74, 6) is -0.385. The van der Waals surface area contributed by atoms with E-state index in [1.54, 1.807) is 31.4 Å². The number of allylic oxidation sites excluding steroid dienone is 2. The Hall–Kier alpha value is -3.07. The highest BCUT2D eigenvalue weighted by atomic mass is 16.5. The molecule has 2 aromatic rings. The molecule has 1 aromatic heterocycles. The molecule has 1 aliphatic carbocycles. The molecule has 1 atom stereocenters. The van der Waals surface area contributed by atoms with Gasteiger partial charge in [-0.05, 0) is 48.7 Å². The number of anilines is 1. The number of nitrogens with zero attached hydrogens (tertiary/aromatic N) is 4. The van der Waals surface area contributed by atoms with E-state index in [0.29, 0.717) is 24.5 Å². The van der Waals surface area contributed by atoms with Gasteiger partial charge in [0.2, 0.25) is 5.91 Å². The smallest absolute Gasteiger partial charge is 0.292 e. The summed E-state index contributed by atoms with van der Waals surface area (Å²) < 4.78 is 4.87. The highest BCUT2D eigenvalue weighted by molar-refractivity contribution is 5.92. The van der Waals surface area contributed by atoms with Crippen LogP contribution in [-0.4, -0.2) is 52.3 Å². The summed E-state index contributed by atoms with van der Waals surface area (Å²) in [4.78, 5) is 25.4. The topological polar surface area (TPSA) is 111 Å². The van der Waals surface area contributed by atoms with Crippen LogP contribution in [-0.2, 0) is 9.53 Å².